The van der Waals surface area contributed by atoms with Crippen LogP contribution in [0.5, 0.6) is 0 Å². The molecular formula is C12H12Cl2N2O. The predicted octanol–water partition coefficient (Wildman–Crippen LogP) is 3.53. The Morgan fingerprint density at radius 1 is 1.47 bits per heavy atom. The Balaban J connectivity index is 2.62. The number of carbonyl (C=O) groups is 1. The minimum atomic E-state index is -0.367. The standard InChI is InChI=1S/C12H12Cl2N2O/c1-3-8(4-2)15-12(17)16-9-5-6-10(13)11(14)7-9/h1,5-8H,4H2,2H3,(H2,15,16,17). The van der Waals surface area contributed by atoms with Crippen molar-refractivity contribution >= 4 is 34.9 Å². The summed E-state index contributed by atoms with van der Waals surface area (Å²) in [6, 6.07) is 4.19. The molecule has 0 heterocycles. The van der Waals surface area contributed by atoms with Crippen molar-refractivity contribution < 1.29 is 4.79 Å². The highest BCUT2D eigenvalue weighted by Gasteiger charge is 2.08. The van der Waals surface area contributed by atoms with Gasteiger partial charge in [-0.25, -0.2) is 4.79 Å². The van der Waals surface area contributed by atoms with E-state index >= 15 is 0 Å². The first kappa shape index (κ1) is 13.7. The molecule has 0 aliphatic rings. The largest absolute Gasteiger partial charge is 0.324 e. The zero-order valence-electron chi connectivity index (χ0n) is 9.26. The van der Waals surface area contributed by atoms with Crippen molar-refractivity contribution in [2.75, 3.05) is 5.32 Å². The molecule has 1 atom stereocenters. The van der Waals surface area contributed by atoms with Crippen LogP contribution in [0, 0.1) is 12.3 Å². The molecule has 3 nitrogen and oxygen atoms in total. The highest BCUT2D eigenvalue weighted by atomic mass is 35.5. The van der Waals surface area contributed by atoms with E-state index in [1.54, 1.807) is 18.2 Å². The lowest BCUT2D eigenvalue weighted by Crippen LogP contribution is -2.36. The maximum atomic E-state index is 11.5. The molecule has 0 radical (unpaired) electrons. The van der Waals surface area contributed by atoms with Crippen molar-refractivity contribution in [3.05, 3.63) is 28.2 Å². The third-order valence-corrected chi connectivity index (χ3v) is 2.83. The predicted molar refractivity (Wildman–Crippen MR) is 71.5 cm³/mol. The Kier molecular flexibility index (Phi) is 5.14. The average molecular weight is 271 g/mol. The van der Waals surface area contributed by atoms with E-state index in [1.807, 2.05) is 6.92 Å². The number of urea groups is 1. The number of hydrogen-bond acceptors (Lipinski definition) is 1. The van der Waals surface area contributed by atoms with Crippen LogP contribution in [0.3, 0.4) is 0 Å². The van der Waals surface area contributed by atoms with E-state index in [9.17, 15) is 4.79 Å². The molecule has 90 valence electrons. The summed E-state index contributed by atoms with van der Waals surface area (Å²) in [5.74, 6) is 2.47. The third-order valence-electron chi connectivity index (χ3n) is 2.09. The highest BCUT2D eigenvalue weighted by Crippen LogP contribution is 2.24. The third kappa shape index (κ3) is 4.18. The summed E-state index contributed by atoms with van der Waals surface area (Å²) in [6.45, 7) is 1.89. The highest BCUT2D eigenvalue weighted by molar-refractivity contribution is 6.42. The summed E-state index contributed by atoms with van der Waals surface area (Å²) < 4.78 is 0. The van der Waals surface area contributed by atoms with E-state index in [2.05, 4.69) is 16.6 Å². The monoisotopic (exact) mass is 270 g/mol. The van der Waals surface area contributed by atoms with Crippen LogP contribution in [0.1, 0.15) is 13.3 Å². The Labute approximate surface area is 110 Å². The number of terminal acetylenes is 1. The fourth-order valence-electron chi connectivity index (χ4n) is 1.16. The van der Waals surface area contributed by atoms with Gasteiger partial charge in [0.2, 0.25) is 0 Å². The number of nitrogens with one attached hydrogen (secondary N) is 2. The number of anilines is 1. The topological polar surface area (TPSA) is 41.1 Å². The van der Waals surface area contributed by atoms with E-state index in [0.29, 0.717) is 22.2 Å². The first-order valence-electron chi connectivity index (χ1n) is 5.05. The van der Waals surface area contributed by atoms with Crippen LogP contribution >= 0.6 is 23.2 Å². The number of halogens is 2. The molecule has 2 amide bonds. The lowest BCUT2D eigenvalue weighted by atomic mass is 10.2. The van der Waals surface area contributed by atoms with Gasteiger partial charge in [-0.1, -0.05) is 36.0 Å². The van der Waals surface area contributed by atoms with Crippen molar-refractivity contribution in [1.82, 2.24) is 5.32 Å². The minimum absolute atomic E-state index is 0.280. The molecule has 0 aliphatic carbocycles. The second kappa shape index (κ2) is 6.39. The summed E-state index contributed by atoms with van der Waals surface area (Å²) in [5, 5.41) is 6.08. The molecule has 0 aromatic heterocycles. The fourth-order valence-corrected chi connectivity index (χ4v) is 1.46. The first-order valence-corrected chi connectivity index (χ1v) is 5.81. The van der Waals surface area contributed by atoms with Crippen molar-refractivity contribution in [2.45, 2.75) is 19.4 Å². The number of carbonyl (C=O) groups excluding carboxylic acids is 1. The summed E-state index contributed by atoms with van der Waals surface area (Å²) in [4.78, 5) is 11.5. The number of hydrogen-bond donors (Lipinski definition) is 2. The molecule has 0 saturated heterocycles. The number of benzene rings is 1. The van der Waals surface area contributed by atoms with E-state index in [4.69, 9.17) is 29.6 Å². The molecule has 1 aromatic rings. The number of rotatable bonds is 3. The van der Waals surface area contributed by atoms with E-state index in [1.165, 1.54) is 0 Å². The lowest BCUT2D eigenvalue weighted by molar-refractivity contribution is 0.250. The van der Waals surface area contributed by atoms with Gasteiger partial charge in [0, 0.05) is 5.69 Å². The van der Waals surface area contributed by atoms with Gasteiger partial charge in [0.25, 0.3) is 0 Å². The van der Waals surface area contributed by atoms with Gasteiger partial charge in [-0.15, -0.1) is 6.42 Å². The molecule has 1 rings (SSSR count). The normalized spacial score (nSPS) is 11.4. The van der Waals surface area contributed by atoms with Gasteiger partial charge in [0.1, 0.15) is 0 Å². The summed E-state index contributed by atoms with van der Waals surface area (Å²) in [7, 11) is 0. The lowest BCUT2D eigenvalue weighted by Gasteiger charge is -2.12. The van der Waals surface area contributed by atoms with Gasteiger partial charge in [-0.2, -0.15) is 0 Å². The molecule has 0 fully saturated rings. The summed E-state index contributed by atoms with van der Waals surface area (Å²) >= 11 is 11.6. The second-order valence-corrected chi connectivity index (χ2v) is 4.17. The minimum Gasteiger partial charge on any atom is -0.324 e. The maximum Gasteiger partial charge on any atom is 0.320 e. The van der Waals surface area contributed by atoms with Gasteiger partial charge in [-0.3, -0.25) is 0 Å². The van der Waals surface area contributed by atoms with Gasteiger partial charge in [-0.05, 0) is 24.6 Å². The Hall–Kier alpha value is -1.37. The van der Waals surface area contributed by atoms with Gasteiger partial charge in [0.05, 0.1) is 16.1 Å². The van der Waals surface area contributed by atoms with Crippen LogP contribution in [0.4, 0.5) is 10.5 Å². The zero-order valence-corrected chi connectivity index (χ0v) is 10.8. The van der Waals surface area contributed by atoms with Crippen molar-refractivity contribution in [3.8, 4) is 12.3 Å². The molecular weight excluding hydrogens is 259 g/mol. The SMILES string of the molecule is C#CC(CC)NC(=O)Nc1ccc(Cl)c(Cl)c1. The van der Waals surface area contributed by atoms with Crippen molar-refractivity contribution in [2.24, 2.45) is 0 Å². The molecule has 17 heavy (non-hydrogen) atoms. The molecule has 5 heteroatoms. The second-order valence-electron chi connectivity index (χ2n) is 3.35. The molecule has 0 aliphatic heterocycles. The van der Waals surface area contributed by atoms with Gasteiger partial charge >= 0.3 is 6.03 Å². The van der Waals surface area contributed by atoms with E-state index in [-0.39, 0.29) is 12.1 Å². The Morgan fingerprint density at radius 3 is 2.71 bits per heavy atom. The zero-order chi connectivity index (χ0) is 12.8. The van der Waals surface area contributed by atoms with Crippen molar-refractivity contribution in [3.63, 3.8) is 0 Å². The molecule has 0 saturated carbocycles. The summed E-state index contributed by atoms with van der Waals surface area (Å²) in [5.41, 5.74) is 0.559. The Morgan fingerprint density at radius 2 is 2.18 bits per heavy atom. The Bertz CT molecular complexity index is 454. The van der Waals surface area contributed by atoms with Gasteiger partial charge in [0.15, 0.2) is 0 Å². The molecule has 0 spiro atoms. The van der Waals surface area contributed by atoms with Crippen LogP contribution < -0.4 is 10.6 Å². The van der Waals surface area contributed by atoms with Crippen LogP contribution in [-0.4, -0.2) is 12.1 Å². The molecule has 2 N–H and O–H groups in total. The fraction of sp³-hybridized carbons (Fsp3) is 0.250. The molecule has 1 unspecified atom stereocenters. The molecule has 1 aromatic carbocycles. The molecule has 0 bridgehead atoms. The van der Waals surface area contributed by atoms with Crippen LogP contribution in [-0.2, 0) is 0 Å². The van der Waals surface area contributed by atoms with Crippen LogP contribution in [0.25, 0.3) is 0 Å². The van der Waals surface area contributed by atoms with E-state index in [0.717, 1.165) is 0 Å². The number of amides is 2. The maximum absolute atomic E-state index is 11.5. The van der Waals surface area contributed by atoms with Crippen molar-refractivity contribution in [1.29, 1.82) is 0 Å². The average Bonchev–Trinajstić information content (AvgIpc) is 2.31. The van der Waals surface area contributed by atoms with Crippen LogP contribution in [0.2, 0.25) is 10.0 Å². The smallest absolute Gasteiger partial charge is 0.320 e. The summed E-state index contributed by atoms with van der Waals surface area (Å²) in [6.07, 6.45) is 5.91. The van der Waals surface area contributed by atoms with Gasteiger partial charge < -0.3 is 10.6 Å². The first-order chi connectivity index (χ1) is 8.06. The van der Waals surface area contributed by atoms with Crippen LogP contribution in [0.15, 0.2) is 18.2 Å². The quantitative estimate of drug-likeness (QED) is 0.811. The van der Waals surface area contributed by atoms with E-state index < -0.39 is 0 Å².